The van der Waals surface area contributed by atoms with Crippen molar-refractivity contribution in [2.75, 3.05) is 5.73 Å². The average Bonchev–Trinajstić information content (AvgIpc) is 1.80. The smallest absolute Gasteiger partial charge is 0.165 e. The van der Waals surface area contributed by atoms with E-state index in [-0.39, 0.29) is 41.1 Å². The summed E-state index contributed by atoms with van der Waals surface area (Å²) in [7, 11) is 0. The van der Waals surface area contributed by atoms with Gasteiger partial charge in [0, 0.05) is 41.8 Å². The SMILES string of the molecule is Nc1ncc(Cl)cc1O.[Na]. The molecular weight excluding hydrogens is 163 g/mol. The van der Waals surface area contributed by atoms with E-state index < -0.39 is 0 Å². The van der Waals surface area contributed by atoms with Crippen LogP contribution in [0.25, 0.3) is 0 Å². The van der Waals surface area contributed by atoms with E-state index in [9.17, 15) is 0 Å². The van der Waals surface area contributed by atoms with Gasteiger partial charge >= 0.3 is 0 Å². The second-order valence-electron chi connectivity index (χ2n) is 1.56. The van der Waals surface area contributed by atoms with Gasteiger partial charge in [-0.15, -0.1) is 0 Å². The fraction of sp³-hybridized carbons (Fsp3) is 0. The number of anilines is 1. The number of halogens is 1. The van der Waals surface area contributed by atoms with Crippen LogP contribution in [-0.4, -0.2) is 39.6 Å². The van der Waals surface area contributed by atoms with E-state index in [2.05, 4.69) is 4.98 Å². The molecule has 1 aromatic rings. The zero-order chi connectivity index (χ0) is 6.85. The van der Waals surface area contributed by atoms with Gasteiger partial charge in [-0.2, -0.15) is 0 Å². The van der Waals surface area contributed by atoms with Crippen LogP contribution >= 0.6 is 11.6 Å². The van der Waals surface area contributed by atoms with E-state index in [1.165, 1.54) is 12.3 Å². The first-order chi connectivity index (χ1) is 4.20. The predicted octanol–water partition coefficient (Wildman–Crippen LogP) is 0.642. The normalized spacial score (nSPS) is 8.50. The van der Waals surface area contributed by atoms with Crippen LogP contribution in [0.4, 0.5) is 5.82 Å². The number of aromatic hydroxyl groups is 1. The molecule has 0 atom stereocenters. The molecule has 0 fully saturated rings. The molecule has 1 heterocycles. The van der Waals surface area contributed by atoms with E-state index in [4.69, 9.17) is 22.4 Å². The minimum absolute atomic E-state index is 0. The van der Waals surface area contributed by atoms with E-state index in [1.807, 2.05) is 0 Å². The Hall–Kier alpha value is 0.0400. The first-order valence-electron chi connectivity index (χ1n) is 2.30. The maximum Gasteiger partial charge on any atom is 0.165 e. The number of hydrogen-bond acceptors (Lipinski definition) is 3. The topological polar surface area (TPSA) is 59.1 Å². The van der Waals surface area contributed by atoms with Crippen molar-refractivity contribution in [3.8, 4) is 5.75 Å². The molecule has 0 unspecified atom stereocenters. The van der Waals surface area contributed by atoms with Crippen molar-refractivity contribution in [3.63, 3.8) is 0 Å². The van der Waals surface area contributed by atoms with Crippen molar-refractivity contribution in [2.45, 2.75) is 0 Å². The van der Waals surface area contributed by atoms with Crippen molar-refractivity contribution in [2.24, 2.45) is 0 Å². The second kappa shape index (κ2) is 4.03. The van der Waals surface area contributed by atoms with Crippen LogP contribution < -0.4 is 5.73 Å². The molecular formula is C5H5ClN2NaO. The summed E-state index contributed by atoms with van der Waals surface area (Å²) in [6.45, 7) is 0. The zero-order valence-electron chi connectivity index (χ0n) is 5.50. The van der Waals surface area contributed by atoms with Crippen LogP contribution in [0.3, 0.4) is 0 Å². The average molecular weight is 168 g/mol. The molecule has 5 heteroatoms. The van der Waals surface area contributed by atoms with Gasteiger partial charge in [0.2, 0.25) is 0 Å². The third kappa shape index (κ3) is 2.34. The molecule has 0 aliphatic rings. The third-order valence-electron chi connectivity index (χ3n) is 0.864. The Balaban J connectivity index is 0.000000810. The molecule has 10 heavy (non-hydrogen) atoms. The first-order valence-corrected chi connectivity index (χ1v) is 2.68. The minimum atomic E-state index is -0.0810. The molecule has 0 bridgehead atoms. The number of nitrogen functional groups attached to an aromatic ring is 1. The van der Waals surface area contributed by atoms with Crippen LogP contribution in [0.15, 0.2) is 12.3 Å². The van der Waals surface area contributed by atoms with Crippen LogP contribution in [0.1, 0.15) is 0 Å². The van der Waals surface area contributed by atoms with Crippen molar-refractivity contribution >= 4 is 47.0 Å². The maximum atomic E-state index is 8.83. The summed E-state index contributed by atoms with van der Waals surface area (Å²) in [5.74, 6) is 0.0156. The van der Waals surface area contributed by atoms with Gasteiger partial charge in [-0.3, -0.25) is 0 Å². The maximum absolute atomic E-state index is 8.83. The predicted molar refractivity (Wildman–Crippen MR) is 41.1 cm³/mol. The Labute approximate surface area is 85.5 Å². The largest absolute Gasteiger partial charge is 0.504 e. The summed E-state index contributed by atoms with van der Waals surface area (Å²) in [5.41, 5.74) is 5.17. The summed E-state index contributed by atoms with van der Waals surface area (Å²) in [6, 6.07) is 1.34. The van der Waals surface area contributed by atoms with Crippen molar-refractivity contribution in [1.29, 1.82) is 0 Å². The number of aromatic nitrogens is 1. The quantitative estimate of drug-likeness (QED) is 0.558. The van der Waals surface area contributed by atoms with Crippen LogP contribution in [-0.2, 0) is 0 Å². The fourth-order valence-corrected chi connectivity index (χ4v) is 0.591. The number of rotatable bonds is 0. The minimum Gasteiger partial charge on any atom is -0.504 e. The molecule has 3 nitrogen and oxygen atoms in total. The van der Waals surface area contributed by atoms with Gasteiger partial charge in [0.1, 0.15) is 0 Å². The van der Waals surface area contributed by atoms with Crippen LogP contribution in [0, 0.1) is 0 Å². The third-order valence-corrected chi connectivity index (χ3v) is 1.07. The summed E-state index contributed by atoms with van der Waals surface area (Å²) in [5, 5.41) is 9.20. The summed E-state index contributed by atoms with van der Waals surface area (Å²) < 4.78 is 0. The molecule has 3 N–H and O–H groups in total. The van der Waals surface area contributed by atoms with Crippen molar-refractivity contribution < 1.29 is 5.11 Å². The number of nitrogens with zero attached hydrogens (tertiary/aromatic N) is 1. The molecule has 0 saturated carbocycles. The van der Waals surface area contributed by atoms with Gasteiger partial charge in [-0.1, -0.05) is 11.6 Å². The van der Waals surface area contributed by atoms with E-state index in [0.717, 1.165) is 0 Å². The Morgan fingerprint density at radius 1 is 1.60 bits per heavy atom. The Kier molecular flexibility index (Phi) is 4.05. The summed E-state index contributed by atoms with van der Waals surface area (Å²) in [6.07, 6.45) is 1.37. The monoisotopic (exact) mass is 167 g/mol. The Morgan fingerprint density at radius 2 is 2.20 bits per heavy atom. The fourth-order valence-electron chi connectivity index (χ4n) is 0.439. The molecule has 1 radical (unpaired) electrons. The van der Waals surface area contributed by atoms with Gasteiger partial charge in [0.15, 0.2) is 11.6 Å². The zero-order valence-corrected chi connectivity index (χ0v) is 8.26. The van der Waals surface area contributed by atoms with Gasteiger partial charge in [-0.05, 0) is 0 Å². The molecule has 0 saturated heterocycles. The standard InChI is InChI=1S/C5H5ClN2O.Na/c6-3-1-4(9)5(7)8-2-3;/h1-2,9H,(H2,7,8);. The molecule has 0 spiro atoms. The second-order valence-corrected chi connectivity index (χ2v) is 1.99. The molecule has 1 rings (SSSR count). The Morgan fingerprint density at radius 3 is 2.60 bits per heavy atom. The van der Waals surface area contributed by atoms with Crippen LogP contribution in [0.5, 0.6) is 5.75 Å². The number of pyridine rings is 1. The van der Waals surface area contributed by atoms with Gasteiger partial charge in [0.05, 0.1) is 5.02 Å². The van der Waals surface area contributed by atoms with E-state index in [0.29, 0.717) is 5.02 Å². The summed E-state index contributed by atoms with van der Waals surface area (Å²) in [4.78, 5) is 3.57. The molecule has 0 aliphatic carbocycles. The Bertz CT molecular complexity index is 231. The number of hydrogen-bond donors (Lipinski definition) is 2. The van der Waals surface area contributed by atoms with Gasteiger partial charge in [-0.25, -0.2) is 4.98 Å². The molecule has 0 amide bonds. The first kappa shape index (κ1) is 10.0. The van der Waals surface area contributed by atoms with Crippen molar-refractivity contribution in [3.05, 3.63) is 17.3 Å². The summed E-state index contributed by atoms with van der Waals surface area (Å²) >= 11 is 5.44. The van der Waals surface area contributed by atoms with Gasteiger partial charge in [0.25, 0.3) is 0 Å². The van der Waals surface area contributed by atoms with Crippen LogP contribution in [0.2, 0.25) is 5.02 Å². The number of nitrogens with two attached hydrogens (primary N) is 1. The molecule has 0 aliphatic heterocycles. The molecule has 49 valence electrons. The van der Waals surface area contributed by atoms with Crippen molar-refractivity contribution in [1.82, 2.24) is 4.98 Å². The van der Waals surface area contributed by atoms with E-state index in [1.54, 1.807) is 0 Å². The molecule has 1 aromatic heterocycles. The molecule has 0 aromatic carbocycles. The van der Waals surface area contributed by atoms with E-state index >= 15 is 0 Å². The van der Waals surface area contributed by atoms with Gasteiger partial charge < -0.3 is 10.8 Å².